The number of halogens is 1. The van der Waals surface area contributed by atoms with Gasteiger partial charge in [0.25, 0.3) is 0 Å². The van der Waals surface area contributed by atoms with E-state index >= 15 is 0 Å². The van der Waals surface area contributed by atoms with Crippen molar-refractivity contribution in [3.05, 3.63) is 59.4 Å². The van der Waals surface area contributed by atoms with Crippen LogP contribution in [0.3, 0.4) is 0 Å². The molecule has 0 spiro atoms. The highest BCUT2D eigenvalue weighted by molar-refractivity contribution is 7.99. The lowest BCUT2D eigenvalue weighted by Crippen LogP contribution is -2.05. The predicted molar refractivity (Wildman–Crippen MR) is 74.5 cm³/mol. The molecular formula is C15H16FNS. The molecule has 18 heavy (non-hydrogen) atoms. The first kappa shape index (κ1) is 13.1. The molecule has 0 radical (unpaired) electrons. The number of rotatable bonds is 4. The summed E-state index contributed by atoms with van der Waals surface area (Å²) in [4.78, 5) is 1.72. The molecule has 3 heteroatoms. The summed E-state index contributed by atoms with van der Waals surface area (Å²) in [6, 6.07) is 13.5. The highest BCUT2D eigenvalue weighted by Crippen LogP contribution is 2.30. The van der Waals surface area contributed by atoms with E-state index < -0.39 is 0 Å². The molecule has 2 aromatic carbocycles. The quantitative estimate of drug-likeness (QED) is 0.892. The molecule has 0 atom stereocenters. The zero-order valence-corrected chi connectivity index (χ0v) is 11.4. The zero-order valence-electron chi connectivity index (χ0n) is 10.5. The normalized spacial score (nSPS) is 10.6. The van der Waals surface area contributed by atoms with Gasteiger partial charge in [-0.3, -0.25) is 0 Å². The molecule has 0 saturated heterocycles. The molecule has 2 aromatic rings. The van der Waals surface area contributed by atoms with Crippen molar-refractivity contribution in [2.75, 3.05) is 7.05 Å². The number of hydrogen-bond donors (Lipinski definition) is 1. The SMILES string of the molecule is CNCc1ccc(Sc2ccc(C)cc2)c(F)c1. The second kappa shape index (κ2) is 6.03. The van der Waals surface area contributed by atoms with Gasteiger partial charge < -0.3 is 5.32 Å². The summed E-state index contributed by atoms with van der Waals surface area (Å²) in [6.07, 6.45) is 0. The van der Waals surface area contributed by atoms with Crippen molar-refractivity contribution in [2.45, 2.75) is 23.3 Å². The lowest BCUT2D eigenvalue weighted by molar-refractivity contribution is 0.598. The van der Waals surface area contributed by atoms with Crippen molar-refractivity contribution >= 4 is 11.8 Å². The van der Waals surface area contributed by atoms with Crippen LogP contribution in [0.1, 0.15) is 11.1 Å². The van der Waals surface area contributed by atoms with E-state index in [4.69, 9.17) is 0 Å². The van der Waals surface area contributed by atoms with Crippen molar-refractivity contribution < 1.29 is 4.39 Å². The topological polar surface area (TPSA) is 12.0 Å². The summed E-state index contributed by atoms with van der Waals surface area (Å²) in [5, 5.41) is 3.01. The highest BCUT2D eigenvalue weighted by Gasteiger charge is 2.05. The minimum atomic E-state index is -0.159. The third kappa shape index (κ3) is 3.34. The Morgan fingerprint density at radius 3 is 2.44 bits per heavy atom. The van der Waals surface area contributed by atoms with E-state index in [9.17, 15) is 4.39 Å². The van der Waals surface area contributed by atoms with Crippen molar-refractivity contribution in [3.8, 4) is 0 Å². The predicted octanol–water partition coefficient (Wildman–Crippen LogP) is 4.00. The third-order valence-electron chi connectivity index (χ3n) is 2.63. The Labute approximate surface area is 111 Å². The number of nitrogens with one attached hydrogen (secondary N) is 1. The summed E-state index contributed by atoms with van der Waals surface area (Å²) < 4.78 is 13.9. The molecule has 0 heterocycles. The summed E-state index contributed by atoms with van der Waals surface area (Å²) in [6.45, 7) is 2.73. The van der Waals surface area contributed by atoms with Crippen LogP contribution >= 0.6 is 11.8 Å². The fraction of sp³-hybridized carbons (Fsp3) is 0.200. The van der Waals surface area contributed by atoms with E-state index in [1.54, 1.807) is 6.07 Å². The first-order valence-electron chi connectivity index (χ1n) is 5.86. The van der Waals surface area contributed by atoms with Crippen LogP contribution in [-0.2, 0) is 6.54 Å². The molecule has 1 N–H and O–H groups in total. The standard InChI is InChI=1S/C15H16FNS/c1-11-3-6-13(7-4-11)18-15-8-5-12(10-17-2)9-14(15)16/h3-9,17H,10H2,1-2H3. The fourth-order valence-corrected chi connectivity index (χ4v) is 2.49. The number of benzene rings is 2. The minimum absolute atomic E-state index is 0.159. The van der Waals surface area contributed by atoms with Crippen molar-refractivity contribution in [1.82, 2.24) is 5.32 Å². The van der Waals surface area contributed by atoms with Gasteiger partial charge >= 0.3 is 0 Å². The first-order chi connectivity index (χ1) is 8.69. The van der Waals surface area contributed by atoms with Crippen LogP contribution in [0.15, 0.2) is 52.3 Å². The van der Waals surface area contributed by atoms with Gasteiger partial charge in [-0.25, -0.2) is 4.39 Å². The molecule has 0 fully saturated rings. The molecule has 0 aliphatic rings. The van der Waals surface area contributed by atoms with Gasteiger partial charge in [-0.2, -0.15) is 0 Å². The molecule has 0 amide bonds. The van der Waals surface area contributed by atoms with Gasteiger partial charge in [0.15, 0.2) is 0 Å². The van der Waals surface area contributed by atoms with Gasteiger partial charge in [0.05, 0.1) is 0 Å². The molecule has 2 rings (SSSR count). The molecular weight excluding hydrogens is 245 g/mol. The monoisotopic (exact) mass is 261 g/mol. The molecule has 1 nitrogen and oxygen atoms in total. The molecule has 0 aliphatic carbocycles. The zero-order chi connectivity index (χ0) is 13.0. The van der Waals surface area contributed by atoms with Crippen LogP contribution in [0.4, 0.5) is 4.39 Å². The lowest BCUT2D eigenvalue weighted by atomic mass is 10.2. The fourth-order valence-electron chi connectivity index (χ4n) is 1.67. The third-order valence-corrected chi connectivity index (χ3v) is 3.68. The highest BCUT2D eigenvalue weighted by atomic mass is 32.2. The van der Waals surface area contributed by atoms with E-state index in [0.29, 0.717) is 11.4 Å². The van der Waals surface area contributed by atoms with Gasteiger partial charge in [0.2, 0.25) is 0 Å². The Balaban J connectivity index is 2.16. The largest absolute Gasteiger partial charge is 0.316 e. The van der Waals surface area contributed by atoms with Crippen LogP contribution in [0, 0.1) is 12.7 Å². The minimum Gasteiger partial charge on any atom is -0.316 e. The number of hydrogen-bond acceptors (Lipinski definition) is 2. The van der Waals surface area contributed by atoms with Crippen molar-refractivity contribution in [3.63, 3.8) is 0 Å². The molecule has 0 saturated carbocycles. The maximum atomic E-state index is 13.9. The summed E-state index contributed by atoms with van der Waals surface area (Å²) in [5.74, 6) is -0.159. The summed E-state index contributed by atoms with van der Waals surface area (Å²) >= 11 is 1.45. The second-order valence-electron chi connectivity index (χ2n) is 4.21. The Kier molecular flexibility index (Phi) is 4.39. The van der Waals surface area contributed by atoms with E-state index in [-0.39, 0.29) is 5.82 Å². The van der Waals surface area contributed by atoms with Crippen LogP contribution in [0.2, 0.25) is 0 Å². The van der Waals surface area contributed by atoms with Crippen LogP contribution < -0.4 is 5.32 Å². The average Bonchev–Trinajstić information content (AvgIpc) is 2.36. The van der Waals surface area contributed by atoms with Gasteiger partial charge in [-0.15, -0.1) is 0 Å². The molecule has 94 valence electrons. The number of aryl methyl sites for hydroxylation is 1. The Morgan fingerprint density at radius 1 is 1.11 bits per heavy atom. The Morgan fingerprint density at radius 2 is 1.83 bits per heavy atom. The lowest BCUT2D eigenvalue weighted by Gasteiger charge is -2.06. The van der Waals surface area contributed by atoms with E-state index in [0.717, 1.165) is 10.5 Å². The van der Waals surface area contributed by atoms with Gasteiger partial charge in [0.1, 0.15) is 5.82 Å². The molecule has 0 bridgehead atoms. The Bertz CT molecular complexity index is 523. The maximum absolute atomic E-state index is 13.9. The van der Waals surface area contributed by atoms with Gasteiger partial charge in [0, 0.05) is 16.3 Å². The van der Waals surface area contributed by atoms with Crippen LogP contribution in [-0.4, -0.2) is 7.05 Å². The molecule has 0 aliphatic heterocycles. The van der Waals surface area contributed by atoms with Gasteiger partial charge in [-0.1, -0.05) is 35.5 Å². The van der Waals surface area contributed by atoms with E-state index in [1.807, 2.05) is 50.4 Å². The molecule has 0 aromatic heterocycles. The first-order valence-corrected chi connectivity index (χ1v) is 6.68. The summed E-state index contributed by atoms with van der Waals surface area (Å²) in [7, 11) is 1.85. The maximum Gasteiger partial charge on any atom is 0.137 e. The smallest absolute Gasteiger partial charge is 0.137 e. The van der Waals surface area contributed by atoms with E-state index in [2.05, 4.69) is 5.32 Å². The Hall–Kier alpha value is -1.32. The van der Waals surface area contributed by atoms with Crippen LogP contribution in [0.5, 0.6) is 0 Å². The average molecular weight is 261 g/mol. The van der Waals surface area contributed by atoms with Crippen molar-refractivity contribution in [1.29, 1.82) is 0 Å². The van der Waals surface area contributed by atoms with Gasteiger partial charge in [-0.05, 0) is 43.8 Å². The second-order valence-corrected chi connectivity index (χ2v) is 5.33. The summed E-state index contributed by atoms with van der Waals surface area (Å²) in [5.41, 5.74) is 2.17. The van der Waals surface area contributed by atoms with E-state index in [1.165, 1.54) is 17.3 Å². The van der Waals surface area contributed by atoms with Crippen LogP contribution in [0.25, 0.3) is 0 Å². The molecule has 0 unspecified atom stereocenters. The van der Waals surface area contributed by atoms with Crippen molar-refractivity contribution in [2.24, 2.45) is 0 Å².